The summed E-state index contributed by atoms with van der Waals surface area (Å²) in [6.45, 7) is 0.432. The molecule has 0 bridgehead atoms. The van der Waals surface area contributed by atoms with Gasteiger partial charge in [-0.15, -0.1) is 0 Å². The molecule has 4 aromatic rings. The first-order valence-electron chi connectivity index (χ1n) is 8.90. The van der Waals surface area contributed by atoms with Gasteiger partial charge in [-0.2, -0.15) is 0 Å². The second-order valence-corrected chi connectivity index (χ2v) is 6.71. The summed E-state index contributed by atoms with van der Waals surface area (Å²) in [6.07, 6.45) is 4.05. The Morgan fingerprint density at radius 1 is 1.18 bits per heavy atom. The summed E-state index contributed by atoms with van der Waals surface area (Å²) in [6, 6.07) is 8.01. The molecule has 4 rings (SSSR count). The Hall–Kier alpha value is -3.62. The van der Waals surface area contributed by atoms with Crippen molar-refractivity contribution < 1.29 is 4.79 Å². The van der Waals surface area contributed by atoms with Crippen LogP contribution in [0.3, 0.4) is 0 Å². The quantitative estimate of drug-likeness (QED) is 0.518. The van der Waals surface area contributed by atoms with Crippen LogP contribution in [-0.2, 0) is 31.9 Å². The predicted molar refractivity (Wildman–Crippen MR) is 105 cm³/mol. The topological polar surface area (TPSA) is 107 Å². The number of H-pyrrole nitrogens is 1. The molecule has 0 atom stereocenters. The van der Waals surface area contributed by atoms with Crippen LogP contribution in [0.4, 0.5) is 0 Å². The number of nitrogens with zero attached hydrogens (tertiary/aromatic N) is 4. The fourth-order valence-electron chi connectivity index (χ4n) is 3.40. The summed E-state index contributed by atoms with van der Waals surface area (Å²) >= 11 is 0. The Morgan fingerprint density at radius 3 is 2.79 bits per heavy atom. The van der Waals surface area contributed by atoms with E-state index in [1.807, 2.05) is 30.5 Å². The Morgan fingerprint density at radius 2 is 1.96 bits per heavy atom. The number of para-hydroxylation sites is 1. The number of amides is 1. The molecule has 0 unspecified atom stereocenters. The highest BCUT2D eigenvalue weighted by Gasteiger charge is 2.15. The second kappa shape index (κ2) is 6.84. The average Bonchev–Trinajstić information content (AvgIpc) is 3.29. The number of nitrogens with one attached hydrogen (secondary N) is 2. The first kappa shape index (κ1) is 17.8. The van der Waals surface area contributed by atoms with E-state index >= 15 is 0 Å². The molecule has 0 aliphatic carbocycles. The predicted octanol–water partition coefficient (Wildman–Crippen LogP) is 0.274. The Bertz CT molecular complexity index is 1310. The number of fused-ring (bicyclic) bond motifs is 2. The monoisotopic (exact) mass is 380 g/mol. The molecule has 0 saturated heterocycles. The lowest BCUT2D eigenvalue weighted by molar-refractivity contribution is -0.121. The molecule has 3 aromatic heterocycles. The molecule has 0 fully saturated rings. The molecule has 0 saturated carbocycles. The van der Waals surface area contributed by atoms with Crippen LogP contribution in [0.1, 0.15) is 5.56 Å². The molecule has 1 amide bonds. The van der Waals surface area contributed by atoms with Crippen molar-refractivity contribution in [2.45, 2.75) is 13.0 Å². The van der Waals surface area contributed by atoms with E-state index in [9.17, 15) is 14.4 Å². The number of benzene rings is 1. The van der Waals surface area contributed by atoms with Gasteiger partial charge in [0.2, 0.25) is 5.91 Å². The van der Waals surface area contributed by atoms with Gasteiger partial charge in [0.1, 0.15) is 6.54 Å². The van der Waals surface area contributed by atoms with E-state index in [0.717, 1.165) is 21.0 Å². The first-order valence-corrected chi connectivity index (χ1v) is 8.90. The zero-order valence-electron chi connectivity index (χ0n) is 15.6. The van der Waals surface area contributed by atoms with Gasteiger partial charge in [-0.05, 0) is 18.1 Å². The van der Waals surface area contributed by atoms with Crippen LogP contribution >= 0.6 is 0 Å². The summed E-state index contributed by atoms with van der Waals surface area (Å²) < 4.78 is 3.77. The molecule has 0 aliphatic rings. The molecule has 0 radical (unpaired) electrons. The minimum absolute atomic E-state index is 0.0438. The van der Waals surface area contributed by atoms with Crippen molar-refractivity contribution in [3.63, 3.8) is 0 Å². The first-order chi connectivity index (χ1) is 13.5. The lowest BCUT2D eigenvalue weighted by Gasteiger charge is -2.08. The molecule has 0 aliphatic heterocycles. The third kappa shape index (κ3) is 2.90. The maximum absolute atomic E-state index is 12.4. The van der Waals surface area contributed by atoms with E-state index in [4.69, 9.17) is 0 Å². The summed E-state index contributed by atoms with van der Waals surface area (Å²) in [5.41, 5.74) is 1.77. The van der Waals surface area contributed by atoms with Gasteiger partial charge >= 0.3 is 5.69 Å². The number of aromatic amines is 1. The summed E-state index contributed by atoms with van der Waals surface area (Å²) in [5.74, 6) is -0.227. The minimum atomic E-state index is -0.470. The van der Waals surface area contributed by atoms with Crippen molar-refractivity contribution in [1.29, 1.82) is 0 Å². The van der Waals surface area contributed by atoms with E-state index in [0.29, 0.717) is 13.0 Å². The largest absolute Gasteiger partial charge is 0.361 e. The molecule has 3 heterocycles. The Labute approximate surface area is 159 Å². The van der Waals surface area contributed by atoms with E-state index in [-0.39, 0.29) is 23.6 Å². The summed E-state index contributed by atoms with van der Waals surface area (Å²) in [5, 5.41) is 4.01. The summed E-state index contributed by atoms with van der Waals surface area (Å²) in [7, 11) is 2.95. The number of carbonyl (C=O) groups is 1. The Kier molecular flexibility index (Phi) is 4.34. The zero-order valence-corrected chi connectivity index (χ0v) is 15.6. The Balaban J connectivity index is 1.47. The highest BCUT2D eigenvalue weighted by molar-refractivity contribution is 5.83. The number of hydrogen-bond donors (Lipinski definition) is 2. The maximum atomic E-state index is 12.4. The van der Waals surface area contributed by atoms with Crippen molar-refractivity contribution in [3.8, 4) is 0 Å². The number of aryl methyl sites for hydroxylation is 1. The number of imidazole rings is 1. The van der Waals surface area contributed by atoms with Crippen molar-refractivity contribution >= 4 is 28.0 Å². The lowest BCUT2D eigenvalue weighted by Crippen LogP contribution is -2.38. The standard InChI is InChI=1S/C19H20N6O3/c1-23-17-16(18(27)24(2)19(23)28)25(11-22-17)10-15(26)20-8-7-12-9-21-14-6-4-3-5-13(12)14/h3-6,9,11,21H,7-8,10H2,1-2H3,(H,20,26). The summed E-state index contributed by atoms with van der Waals surface area (Å²) in [4.78, 5) is 44.1. The van der Waals surface area contributed by atoms with Crippen molar-refractivity contribution in [2.24, 2.45) is 14.1 Å². The second-order valence-electron chi connectivity index (χ2n) is 6.71. The number of hydrogen-bond acceptors (Lipinski definition) is 4. The molecule has 2 N–H and O–H groups in total. The van der Waals surface area contributed by atoms with Crippen molar-refractivity contribution in [2.75, 3.05) is 6.54 Å². The molecular weight excluding hydrogens is 360 g/mol. The zero-order chi connectivity index (χ0) is 19.8. The molecule has 9 nitrogen and oxygen atoms in total. The number of aromatic nitrogens is 5. The van der Waals surface area contributed by atoms with Gasteiger partial charge in [0, 0.05) is 37.7 Å². The number of rotatable bonds is 5. The smallest absolute Gasteiger partial charge is 0.332 e. The lowest BCUT2D eigenvalue weighted by atomic mass is 10.1. The van der Waals surface area contributed by atoms with Crippen LogP contribution in [0.25, 0.3) is 22.1 Å². The maximum Gasteiger partial charge on any atom is 0.332 e. The van der Waals surface area contributed by atoms with Gasteiger partial charge in [-0.1, -0.05) is 18.2 Å². The van der Waals surface area contributed by atoms with Crippen LogP contribution in [0.2, 0.25) is 0 Å². The van der Waals surface area contributed by atoms with Crippen molar-refractivity contribution in [3.05, 3.63) is 63.2 Å². The fourth-order valence-corrected chi connectivity index (χ4v) is 3.40. The molecule has 9 heteroatoms. The highest BCUT2D eigenvalue weighted by atomic mass is 16.2. The molecular formula is C19H20N6O3. The van der Waals surface area contributed by atoms with Crippen LogP contribution < -0.4 is 16.6 Å². The van der Waals surface area contributed by atoms with E-state index in [1.165, 1.54) is 22.5 Å². The van der Waals surface area contributed by atoms with Gasteiger partial charge in [-0.25, -0.2) is 9.78 Å². The molecule has 28 heavy (non-hydrogen) atoms. The SMILES string of the molecule is Cn1c(=O)c2c(ncn2CC(=O)NCCc2c[nH]c3ccccc23)n(C)c1=O. The van der Waals surface area contributed by atoms with Gasteiger partial charge in [-0.3, -0.25) is 18.7 Å². The van der Waals surface area contributed by atoms with Crippen LogP contribution in [0.15, 0.2) is 46.4 Å². The molecule has 0 spiro atoms. The van der Waals surface area contributed by atoms with Gasteiger partial charge in [0.15, 0.2) is 11.2 Å². The third-order valence-electron chi connectivity index (χ3n) is 4.92. The van der Waals surface area contributed by atoms with E-state index in [2.05, 4.69) is 15.3 Å². The van der Waals surface area contributed by atoms with E-state index in [1.54, 1.807) is 7.05 Å². The molecule has 144 valence electrons. The normalized spacial score (nSPS) is 11.4. The van der Waals surface area contributed by atoms with E-state index < -0.39 is 11.2 Å². The third-order valence-corrected chi connectivity index (χ3v) is 4.92. The van der Waals surface area contributed by atoms with Gasteiger partial charge in [0.05, 0.1) is 6.33 Å². The molecule has 1 aromatic carbocycles. The van der Waals surface area contributed by atoms with Crippen molar-refractivity contribution in [1.82, 2.24) is 29.0 Å². The number of carbonyl (C=O) groups excluding carboxylic acids is 1. The fraction of sp³-hybridized carbons (Fsp3) is 0.263. The minimum Gasteiger partial charge on any atom is -0.361 e. The van der Waals surface area contributed by atoms with Gasteiger partial charge in [0.25, 0.3) is 5.56 Å². The average molecular weight is 380 g/mol. The van der Waals surface area contributed by atoms with Crippen LogP contribution in [0.5, 0.6) is 0 Å². The van der Waals surface area contributed by atoms with Crippen LogP contribution in [0, 0.1) is 0 Å². The highest BCUT2D eigenvalue weighted by Crippen LogP contribution is 2.17. The van der Waals surface area contributed by atoms with Gasteiger partial charge < -0.3 is 14.9 Å². The van der Waals surface area contributed by atoms with Crippen LogP contribution in [-0.4, -0.2) is 36.1 Å².